The van der Waals surface area contributed by atoms with Crippen molar-refractivity contribution in [1.82, 2.24) is 10.2 Å². The highest BCUT2D eigenvalue weighted by molar-refractivity contribution is 5.92. The van der Waals surface area contributed by atoms with Gasteiger partial charge < -0.3 is 10.2 Å². The molecule has 0 bridgehead atoms. The van der Waals surface area contributed by atoms with Gasteiger partial charge in [-0.1, -0.05) is 30.3 Å². The van der Waals surface area contributed by atoms with Crippen LogP contribution in [0.15, 0.2) is 30.3 Å². The molecule has 1 aromatic carbocycles. The molecule has 19 heavy (non-hydrogen) atoms. The zero-order chi connectivity index (χ0) is 13.8. The summed E-state index contributed by atoms with van der Waals surface area (Å²) in [5.74, 6) is -1.34. The fraction of sp³-hybridized carbons (Fsp3) is 0.357. The summed E-state index contributed by atoms with van der Waals surface area (Å²) in [6.07, 6.45) is 0. The van der Waals surface area contributed by atoms with E-state index in [4.69, 9.17) is 0 Å². The van der Waals surface area contributed by atoms with E-state index in [2.05, 4.69) is 5.32 Å². The Labute approximate surface area is 111 Å². The lowest BCUT2D eigenvalue weighted by molar-refractivity contribution is -0.142. The molecular formula is C14H15N3O2. The van der Waals surface area contributed by atoms with Crippen LogP contribution in [0, 0.1) is 11.3 Å². The van der Waals surface area contributed by atoms with Crippen molar-refractivity contribution in [3.05, 3.63) is 35.9 Å². The van der Waals surface area contributed by atoms with Crippen LogP contribution in [0.2, 0.25) is 0 Å². The predicted molar refractivity (Wildman–Crippen MR) is 69.0 cm³/mol. The van der Waals surface area contributed by atoms with E-state index < -0.39 is 12.0 Å². The summed E-state index contributed by atoms with van der Waals surface area (Å²) in [7, 11) is 0. The lowest BCUT2D eigenvalue weighted by atomic mass is 9.98. The average Bonchev–Trinajstić information content (AvgIpc) is 2.44. The molecule has 2 rings (SSSR count). The Morgan fingerprint density at radius 2 is 2.16 bits per heavy atom. The van der Waals surface area contributed by atoms with E-state index in [1.807, 2.05) is 12.1 Å². The van der Waals surface area contributed by atoms with Crippen LogP contribution in [0.5, 0.6) is 0 Å². The van der Waals surface area contributed by atoms with Gasteiger partial charge in [-0.05, 0) is 12.5 Å². The molecule has 5 nitrogen and oxygen atoms in total. The van der Waals surface area contributed by atoms with E-state index in [9.17, 15) is 14.9 Å². The molecule has 0 aromatic heterocycles. The molecule has 1 aliphatic rings. The van der Waals surface area contributed by atoms with E-state index >= 15 is 0 Å². The Hall–Kier alpha value is -2.35. The Kier molecular flexibility index (Phi) is 3.81. The van der Waals surface area contributed by atoms with Crippen LogP contribution in [-0.4, -0.2) is 35.8 Å². The molecule has 0 saturated carbocycles. The summed E-state index contributed by atoms with van der Waals surface area (Å²) >= 11 is 0. The van der Waals surface area contributed by atoms with E-state index in [0.717, 1.165) is 0 Å². The quantitative estimate of drug-likeness (QED) is 0.845. The van der Waals surface area contributed by atoms with Crippen LogP contribution in [-0.2, 0) is 9.59 Å². The van der Waals surface area contributed by atoms with Crippen molar-refractivity contribution in [2.24, 2.45) is 0 Å². The first-order chi connectivity index (χ1) is 9.15. The van der Waals surface area contributed by atoms with Gasteiger partial charge in [0.2, 0.25) is 11.8 Å². The number of hydrogen-bond acceptors (Lipinski definition) is 3. The Bertz CT molecular complexity index is 521. The SMILES string of the molecule is CC1C(=O)NCCN1C(=O)C(C#N)c1ccccc1. The molecule has 5 heteroatoms. The number of rotatable bonds is 2. The van der Waals surface area contributed by atoms with Gasteiger partial charge >= 0.3 is 0 Å². The molecule has 1 fully saturated rings. The second-order valence-electron chi connectivity index (χ2n) is 4.47. The largest absolute Gasteiger partial charge is 0.353 e. The van der Waals surface area contributed by atoms with Crippen LogP contribution in [0.4, 0.5) is 0 Å². The molecule has 0 radical (unpaired) electrons. The van der Waals surface area contributed by atoms with Crippen molar-refractivity contribution in [3.8, 4) is 6.07 Å². The minimum atomic E-state index is -0.852. The number of carbonyl (C=O) groups is 2. The number of benzene rings is 1. The van der Waals surface area contributed by atoms with Gasteiger partial charge in [0.05, 0.1) is 6.07 Å². The number of hydrogen-bond donors (Lipinski definition) is 1. The fourth-order valence-electron chi connectivity index (χ4n) is 2.17. The van der Waals surface area contributed by atoms with E-state index in [1.165, 1.54) is 4.90 Å². The summed E-state index contributed by atoms with van der Waals surface area (Å²) in [6.45, 7) is 2.55. The monoisotopic (exact) mass is 257 g/mol. The lowest BCUT2D eigenvalue weighted by Gasteiger charge is -2.34. The number of nitriles is 1. The highest BCUT2D eigenvalue weighted by Crippen LogP contribution is 2.19. The number of nitrogens with zero attached hydrogens (tertiary/aromatic N) is 2. The molecular weight excluding hydrogens is 242 g/mol. The molecule has 1 saturated heterocycles. The molecule has 1 aliphatic heterocycles. The van der Waals surface area contributed by atoms with E-state index in [-0.39, 0.29) is 11.8 Å². The fourth-order valence-corrected chi connectivity index (χ4v) is 2.17. The van der Waals surface area contributed by atoms with Gasteiger partial charge in [-0.2, -0.15) is 5.26 Å². The van der Waals surface area contributed by atoms with Gasteiger partial charge in [0.15, 0.2) is 0 Å². The van der Waals surface area contributed by atoms with Gasteiger partial charge in [-0.15, -0.1) is 0 Å². The molecule has 2 atom stereocenters. The van der Waals surface area contributed by atoms with Crippen LogP contribution >= 0.6 is 0 Å². The molecule has 0 aliphatic carbocycles. The second kappa shape index (κ2) is 5.53. The number of nitrogens with one attached hydrogen (secondary N) is 1. The Morgan fingerprint density at radius 3 is 2.79 bits per heavy atom. The van der Waals surface area contributed by atoms with Crippen molar-refractivity contribution < 1.29 is 9.59 Å². The highest BCUT2D eigenvalue weighted by Gasteiger charge is 2.33. The Morgan fingerprint density at radius 1 is 1.47 bits per heavy atom. The predicted octanol–water partition coefficient (Wildman–Crippen LogP) is 0.641. The molecule has 2 unspecified atom stereocenters. The first-order valence-corrected chi connectivity index (χ1v) is 6.18. The summed E-state index contributed by atoms with van der Waals surface area (Å²) in [5, 5.41) is 11.9. The van der Waals surface area contributed by atoms with E-state index in [0.29, 0.717) is 18.7 Å². The molecule has 0 spiro atoms. The maximum absolute atomic E-state index is 12.4. The van der Waals surface area contributed by atoms with Crippen LogP contribution in [0.3, 0.4) is 0 Å². The Balaban J connectivity index is 2.22. The summed E-state index contributed by atoms with van der Waals surface area (Å²) in [4.78, 5) is 25.4. The summed E-state index contributed by atoms with van der Waals surface area (Å²) in [6, 6.07) is 10.4. The standard InChI is InChI=1S/C14H15N3O2/c1-10-13(18)16-7-8-17(10)14(19)12(9-15)11-5-3-2-4-6-11/h2-6,10,12H,7-8H2,1H3,(H,16,18). The summed E-state index contributed by atoms with van der Waals surface area (Å²) < 4.78 is 0. The van der Waals surface area contributed by atoms with Crippen LogP contribution in [0.25, 0.3) is 0 Å². The number of piperazine rings is 1. The molecule has 2 amide bonds. The second-order valence-corrected chi connectivity index (χ2v) is 4.47. The zero-order valence-electron chi connectivity index (χ0n) is 10.7. The normalized spacial score (nSPS) is 20.3. The van der Waals surface area contributed by atoms with Gasteiger partial charge in [0.1, 0.15) is 12.0 Å². The minimum Gasteiger partial charge on any atom is -0.353 e. The third kappa shape index (κ3) is 2.58. The number of carbonyl (C=O) groups excluding carboxylic acids is 2. The average molecular weight is 257 g/mol. The molecule has 98 valence electrons. The lowest BCUT2D eigenvalue weighted by Crippen LogP contribution is -2.56. The van der Waals surface area contributed by atoms with Crippen LogP contribution in [0.1, 0.15) is 18.4 Å². The molecule has 1 N–H and O–H groups in total. The maximum atomic E-state index is 12.4. The highest BCUT2D eigenvalue weighted by atomic mass is 16.2. The smallest absolute Gasteiger partial charge is 0.245 e. The first-order valence-electron chi connectivity index (χ1n) is 6.18. The molecule has 1 aromatic rings. The van der Waals surface area contributed by atoms with E-state index in [1.54, 1.807) is 31.2 Å². The third-order valence-corrected chi connectivity index (χ3v) is 3.29. The van der Waals surface area contributed by atoms with Crippen molar-refractivity contribution in [2.75, 3.05) is 13.1 Å². The zero-order valence-corrected chi connectivity index (χ0v) is 10.7. The van der Waals surface area contributed by atoms with Gasteiger partial charge in [0.25, 0.3) is 0 Å². The number of amides is 2. The molecule has 1 heterocycles. The van der Waals surface area contributed by atoms with Gasteiger partial charge in [0, 0.05) is 13.1 Å². The van der Waals surface area contributed by atoms with Crippen molar-refractivity contribution >= 4 is 11.8 Å². The van der Waals surface area contributed by atoms with Crippen molar-refractivity contribution in [1.29, 1.82) is 5.26 Å². The topological polar surface area (TPSA) is 73.2 Å². The maximum Gasteiger partial charge on any atom is 0.245 e. The third-order valence-electron chi connectivity index (χ3n) is 3.29. The van der Waals surface area contributed by atoms with Crippen molar-refractivity contribution in [3.63, 3.8) is 0 Å². The van der Waals surface area contributed by atoms with Crippen molar-refractivity contribution in [2.45, 2.75) is 18.9 Å². The van der Waals surface area contributed by atoms with Gasteiger partial charge in [-0.3, -0.25) is 9.59 Å². The summed E-state index contributed by atoms with van der Waals surface area (Å²) in [5.41, 5.74) is 0.660. The van der Waals surface area contributed by atoms with Crippen LogP contribution < -0.4 is 5.32 Å². The van der Waals surface area contributed by atoms with Gasteiger partial charge in [-0.25, -0.2) is 0 Å². The first kappa shape index (κ1) is 13.1. The minimum absolute atomic E-state index is 0.177.